The van der Waals surface area contributed by atoms with E-state index in [1.807, 2.05) is 0 Å². The van der Waals surface area contributed by atoms with E-state index in [4.69, 9.17) is 0 Å². The van der Waals surface area contributed by atoms with E-state index in [9.17, 15) is 9.90 Å². The number of carbonyl (C=O) groups is 1. The van der Waals surface area contributed by atoms with E-state index in [0.29, 0.717) is 18.8 Å². The number of ketones is 1. The van der Waals surface area contributed by atoms with Gasteiger partial charge in [0.15, 0.2) is 5.78 Å². The average molecular weight is 156 g/mol. The topological polar surface area (TPSA) is 37.3 Å². The Bertz CT molecular complexity index is 165. The normalized spacial score (nSPS) is 38.6. The SMILES string of the molecule is CC(=O)[C@@]1(O)CCC[C@@H](C)C1. The fourth-order valence-corrected chi connectivity index (χ4v) is 1.84. The van der Waals surface area contributed by atoms with E-state index in [0.717, 1.165) is 12.8 Å². The van der Waals surface area contributed by atoms with Crippen molar-refractivity contribution in [3.8, 4) is 0 Å². The lowest BCUT2D eigenvalue weighted by Crippen LogP contribution is -2.41. The van der Waals surface area contributed by atoms with Crippen molar-refractivity contribution in [3.63, 3.8) is 0 Å². The fourth-order valence-electron chi connectivity index (χ4n) is 1.84. The Morgan fingerprint density at radius 2 is 2.27 bits per heavy atom. The third-order valence-electron chi connectivity index (χ3n) is 2.63. The highest BCUT2D eigenvalue weighted by Crippen LogP contribution is 2.32. The maximum absolute atomic E-state index is 11.0. The molecule has 0 heterocycles. The Hall–Kier alpha value is -0.370. The van der Waals surface area contributed by atoms with Crippen LogP contribution in [0.3, 0.4) is 0 Å². The Balaban J connectivity index is 2.63. The lowest BCUT2D eigenvalue weighted by atomic mass is 9.77. The average Bonchev–Trinajstić information content (AvgIpc) is 1.86. The minimum Gasteiger partial charge on any atom is -0.382 e. The van der Waals surface area contributed by atoms with E-state index in [2.05, 4.69) is 6.92 Å². The van der Waals surface area contributed by atoms with Crippen molar-refractivity contribution in [1.29, 1.82) is 0 Å². The quantitative estimate of drug-likeness (QED) is 0.625. The highest BCUT2D eigenvalue weighted by atomic mass is 16.3. The smallest absolute Gasteiger partial charge is 0.161 e. The van der Waals surface area contributed by atoms with Crippen LogP contribution < -0.4 is 0 Å². The molecule has 2 heteroatoms. The first kappa shape index (κ1) is 8.72. The molecule has 0 aliphatic heterocycles. The molecular formula is C9H16O2. The van der Waals surface area contributed by atoms with Crippen molar-refractivity contribution < 1.29 is 9.90 Å². The van der Waals surface area contributed by atoms with Gasteiger partial charge in [0.05, 0.1) is 0 Å². The predicted octanol–water partition coefficient (Wildman–Crippen LogP) is 1.52. The van der Waals surface area contributed by atoms with Crippen LogP contribution in [0.2, 0.25) is 0 Å². The standard InChI is InChI=1S/C9H16O2/c1-7-4-3-5-9(11,6-7)8(2)10/h7,11H,3-6H2,1-2H3/t7-,9-/m1/s1. The Morgan fingerprint density at radius 1 is 1.64 bits per heavy atom. The number of hydrogen-bond acceptors (Lipinski definition) is 2. The third-order valence-corrected chi connectivity index (χ3v) is 2.63. The lowest BCUT2D eigenvalue weighted by molar-refractivity contribution is -0.139. The zero-order chi connectivity index (χ0) is 8.48. The van der Waals surface area contributed by atoms with Crippen molar-refractivity contribution in [3.05, 3.63) is 0 Å². The molecule has 1 fully saturated rings. The minimum atomic E-state index is -0.988. The van der Waals surface area contributed by atoms with Gasteiger partial charge < -0.3 is 5.11 Å². The molecule has 64 valence electrons. The van der Waals surface area contributed by atoms with E-state index in [1.165, 1.54) is 6.92 Å². The summed E-state index contributed by atoms with van der Waals surface area (Å²) in [5.74, 6) is 0.432. The summed E-state index contributed by atoms with van der Waals surface area (Å²) >= 11 is 0. The molecule has 0 spiro atoms. The van der Waals surface area contributed by atoms with Gasteiger partial charge in [-0.2, -0.15) is 0 Å². The Labute approximate surface area is 67.6 Å². The van der Waals surface area contributed by atoms with Gasteiger partial charge in [0.1, 0.15) is 5.60 Å². The molecule has 0 radical (unpaired) electrons. The van der Waals surface area contributed by atoms with Gasteiger partial charge in [-0.15, -0.1) is 0 Å². The first-order chi connectivity index (χ1) is 5.04. The zero-order valence-electron chi connectivity index (χ0n) is 7.26. The molecule has 0 unspecified atom stereocenters. The van der Waals surface area contributed by atoms with Gasteiger partial charge >= 0.3 is 0 Å². The molecule has 0 aromatic rings. The van der Waals surface area contributed by atoms with Gasteiger partial charge in [-0.25, -0.2) is 0 Å². The van der Waals surface area contributed by atoms with Crippen LogP contribution >= 0.6 is 0 Å². The second kappa shape index (κ2) is 2.94. The summed E-state index contributed by atoms with van der Waals surface area (Å²) in [7, 11) is 0. The maximum Gasteiger partial charge on any atom is 0.161 e. The van der Waals surface area contributed by atoms with Gasteiger partial charge in [0.2, 0.25) is 0 Å². The molecule has 11 heavy (non-hydrogen) atoms. The summed E-state index contributed by atoms with van der Waals surface area (Å²) in [5, 5.41) is 9.77. The molecular weight excluding hydrogens is 140 g/mol. The van der Waals surface area contributed by atoms with Crippen LogP contribution in [0.1, 0.15) is 39.5 Å². The van der Waals surface area contributed by atoms with Crippen molar-refractivity contribution in [1.82, 2.24) is 0 Å². The summed E-state index contributed by atoms with van der Waals surface area (Å²) in [4.78, 5) is 11.0. The second-order valence-electron chi connectivity index (χ2n) is 3.79. The van der Waals surface area contributed by atoms with Crippen LogP contribution in [0.5, 0.6) is 0 Å². The number of rotatable bonds is 1. The van der Waals surface area contributed by atoms with Crippen LogP contribution in [0, 0.1) is 5.92 Å². The highest BCUT2D eigenvalue weighted by Gasteiger charge is 2.36. The second-order valence-corrected chi connectivity index (χ2v) is 3.79. The molecule has 0 bridgehead atoms. The van der Waals surface area contributed by atoms with E-state index >= 15 is 0 Å². The summed E-state index contributed by atoms with van der Waals surface area (Å²) in [6.07, 6.45) is 3.45. The van der Waals surface area contributed by atoms with E-state index in [-0.39, 0.29) is 5.78 Å². The summed E-state index contributed by atoms with van der Waals surface area (Å²) in [6.45, 7) is 3.57. The number of aliphatic hydroxyl groups is 1. The number of Topliss-reactive ketones (excluding diaryl/α,β-unsaturated/α-hetero) is 1. The first-order valence-electron chi connectivity index (χ1n) is 4.28. The lowest BCUT2D eigenvalue weighted by Gasteiger charge is -2.33. The molecule has 1 saturated carbocycles. The third kappa shape index (κ3) is 1.80. The molecule has 2 atom stereocenters. The van der Waals surface area contributed by atoms with Crippen LogP contribution in [0.4, 0.5) is 0 Å². The van der Waals surface area contributed by atoms with Gasteiger partial charge in [0.25, 0.3) is 0 Å². The summed E-state index contributed by atoms with van der Waals surface area (Å²) in [6, 6.07) is 0. The summed E-state index contributed by atoms with van der Waals surface area (Å²) in [5.41, 5.74) is -0.988. The monoisotopic (exact) mass is 156 g/mol. The molecule has 1 aliphatic rings. The first-order valence-corrected chi connectivity index (χ1v) is 4.28. The summed E-state index contributed by atoms with van der Waals surface area (Å²) < 4.78 is 0. The molecule has 1 rings (SSSR count). The molecule has 0 aromatic carbocycles. The fraction of sp³-hybridized carbons (Fsp3) is 0.889. The van der Waals surface area contributed by atoms with Crippen molar-refractivity contribution in [2.24, 2.45) is 5.92 Å². The maximum atomic E-state index is 11.0. The Morgan fingerprint density at radius 3 is 2.64 bits per heavy atom. The predicted molar refractivity (Wildman–Crippen MR) is 43.3 cm³/mol. The number of hydrogen-bond donors (Lipinski definition) is 1. The van der Waals surface area contributed by atoms with Crippen molar-refractivity contribution in [2.45, 2.75) is 45.1 Å². The largest absolute Gasteiger partial charge is 0.382 e. The highest BCUT2D eigenvalue weighted by molar-refractivity contribution is 5.84. The zero-order valence-corrected chi connectivity index (χ0v) is 7.26. The van der Waals surface area contributed by atoms with Gasteiger partial charge in [-0.1, -0.05) is 13.3 Å². The molecule has 0 saturated heterocycles. The van der Waals surface area contributed by atoms with E-state index < -0.39 is 5.60 Å². The van der Waals surface area contributed by atoms with Gasteiger partial charge in [-0.3, -0.25) is 4.79 Å². The van der Waals surface area contributed by atoms with E-state index in [1.54, 1.807) is 0 Å². The van der Waals surface area contributed by atoms with Gasteiger partial charge in [-0.05, 0) is 32.1 Å². The van der Waals surface area contributed by atoms with Crippen LogP contribution in [0.15, 0.2) is 0 Å². The molecule has 1 aliphatic carbocycles. The van der Waals surface area contributed by atoms with Crippen LogP contribution in [0.25, 0.3) is 0 Å². The van der Waals surface area contributed by atoms with Gasteiger partial charge in [0, 0.05) is 0 Å². The van der Waals surface area contributed by atoms with Crippen molar-refractivity contribution in [2.75, 3.05) is 0 Å². The van der Waals surface area contributed by atoms with Crippen LogP contribution in [-0.4, -0.2) is 16.5 Å². The van der Waals surface area contributed by atoms with Crippen LogP contribution in [-0.2, 0) is 4.79 Å². The molecule has 0 amide bonds. The minimum absolute atomic E-state index is 0.0657. The Kier molecular flexibility index (Phi) is 2.33. The van der Waals surface area contributed by atoms with Crippen molar-refractivity contribution >= 4 is 5.78 Å². The molecule has 0 aromatic heterocycles. The number of carbonyl (C=O) groups excluding carboxylic acids is 1. The molecule has 2 nitrogen and oxygen atoms in total. The molecule has 1 N–H and O–H groups in total.